The first-order valence-corrected chi connectivity index (χ1v) is 12.5. The summed E-state index contributed by atoms with van der Waals surface area (Å²) in [6, 6.07) is -0.144. The van der Waals surface area contributed by atoms with Crippen molar-refractivity contribution in [2.45, 2.75) is 50.7 Å². The van der Waals surface area contributed by atoms with Crippen LogP contribution in [0.5, 0.6) is 0 Å². The second kappa shape index (κ2) is 6.75. The van der Waals surface area contributed by atoms with Gasteiger partial charge in [-0.05, 0) is 37.7 Å². The zero-order chi connectivity index (χ0) is 21.1. The summed E-state index contributed by atoms with van der Waals surface area (Å²) in [4.78, 5) is 18.6. The van der Waals surface area contributed by atoms with E-state index in [-0.39, 0.29) is 24.6 Å². The zero-order valence-electron chi connectivity index (χ0n) is 17.6. The van der Waals surface area contributed by atoms with E-state index >= 15 is 0 Å². The number of amides is 2. The van der Waals surface area contributed by atoms with Gasteiger partial charge in [-0.1, -0.05) is 12.5 Å². The monoisotopic (exact) mass is 435 g/mol. The van der Waals surface area contributed by atoms with Crippen LogP contribution >= 0.6 is 0 Å². The molecule has 0 bridgehead atoms. The molecule has 164 valence electrons. The molecule has 2 atom stereocenters. The Morgan fingerprint density at radius 2 is 2.10 bits per heavy atom. The van der Waals surface area contributed by atoms with Gasteiger partial charge < -0.3 is 14.5 Å². The van der Waals surface area contributed by atoms with Gasteiger partial charge in [0.05, 0.1) is 30.5 Å². The van der Waals surface area contributed by atoms with Gasteiger partial charge in [-0.15, -0.1) is 0 Å². The van der Waals surface area contributed by atoms with Gasteiger partial charge >= 0.3 is 6.03 Å². The van der Waals surface area contributed by atoms with Gasteiger partial charge in [-0.3, -0.25) is 9.08 Å². The normalized spacial score (nSPS) is 32.9. The Morgan fingerprint density at radius 3 is 2.90 bits per heavy atom. The van der Waals surface area contributed by atoms with Crippen LogP contribution in [0.1, 0.15) is 44.9 Å². The Bertz CT molecular complexity index is 971. The molecule has 9 heteroatoms. The maximum atomic E-state index is 13.0. The lowest BCUT2D eigenvalue weighted by molar-refractivity contribution is -0.0429. The quantitative estimate of drug-likeness (QED) is 0.632. The van der Waals surface area contributed by atoms with Gasteiger partial charge in [0.2, 0.25) is 5.72 Å². The predicted octanol–water partition coefficient (Wildman–Crippen LogP) is 2.73. The minimum atomic E-state index is -3.53. The minimum Gasteiger partial charge on any atom is -0.467 e. The maximum Gasteiger partial charge on any atom is 0.323 e. The zero-order valence-corrected chi connectivity index (χ0v) is 18.4. The van der Waals surface area contributed by atoms with Crippen LogP contribution in [0.2, 0.25) is 0 Å². The van der Waals surface area contributed by atoms with Crippen LogP contribution in [0, 0.1) is 5.41 Å². The van der Waals surface area contributed by atoms with Crippen molar-refractivity contribution in [1.29, 1.82) is 0 Å². The van der Waals surface area contributed by atoms with Crippen molar-refractivity contribution in [1.82, 2.24) is 14.7 Å². The SMILES string of the molecule is CN1C(=O)N(CCOS(C)(=O)=O)CC12CC13CCCCC1=CN1C=CCCC1=C3O2. The number of carbonyl (C=O) groups excluding carboxylic acids is 1. The molecule has 2 amide bonds. The Kier molecular flexibility index (Phi) is 4.49. The summed E-state index contributed by atoms with van der Waals surface area (Å²) in [5.74, 6) is 1.05. The molecule has 2 saturated heterocycles. The van der Waals surface area contributed by atoms with Gasteiger partial charge in [-0.2, -0.15) is 8.42 Å². The van der Waals surface area contributed by atoms with Crippen LogP contribution in [0.15, 0.2) is 35.5 Å². The summed E-state index contributed by atoms with van der Waals surface area (Å²) in [7, 11) is -1.74. The Labute approximate surface area is 177 Å². The van der Waals surface area contributed by atoms with Crippen molar-refractivity contribution in [2.24, 2.45) is 5.41 Å². The molecule has 1 saturated carbocycles. The smallest absolute Gasteiger partial charge is 0.323 e. The van der Waals surface area contributed by atoms with E-state index in [1.807, 2.05) is 0 Å². The topological polar surface area (TPSA) is 79.4 Å². The number of urea groups is 1. The van der Waals surface area contributed by atoms with E-state index in [1.165, 1.54) is 17.7 Å². The second-order valence-electron chi connectivity index (χ2n) is 9.06. The second-order valence-corrected chi connectivity index (χ2v) is 10.7. The average molecular weight is 436 g/mol. The molecule has 0 N–H and O–H groups in total. The molecule has 0 radical (unpaired) electrons. The minimum absolute atomic E-state index is 0.0443. The Hall–Kier alpha value is -2.00. The molecule has 0 aromatic carbocycles. The predicted molar refractivity (Wildman–Crippen MR) is 110 cm³/mol. The highest BCUT2D eigenvalue weighted by Crippen LogP contribution is 2.62. The molecule has 0 aromatic rings. The number of rotatable bonds is 4. The number of fused-ring (bicyclic) bond motifs is 1. The molecule has 3 fully saturated rings. The molecule has 5 aliphatic rings. The van der Waals surface area contributed by atoms with E-state index in [0.29, 0.717) is 6.54 Å². The lowest BCUT2D eigenvalue weighted by Crippen LogP contribution is -2.45. The third kappa shape index (κ3) is 2.97. The highest BCUT2D eigenvalue weighted by atomic mass is 32.2. The van der Waals surface area contributed by atoms with E-state index < -0.39 is 15.8 Å². The summed E-state index contributed by atoms with van der Waals surface area (Å²) < 4.78 is 34.2. The Balaban J connectivity index is 1.46. The van der Waals surface area contributed by atoms with Crippen molar-refractivity contribution in [3.8, 4) is 0 Å². The van der Waals surface area contributed by atoms with Crippen molar-refractivity contribution in [3.05, 3.63) is 35.5 Å². The van der Waals surface area contributed by atoms with Crippen LogP contribution in [0.4, 0.5) is 4.79 Å². The molecule has 1 aliphatic carbocycles. The molecule has 8 nitrogen and oxygen atoms in total. The van der Waals surface area contributed by atoms with Crippen molar-refractivity contribution >= 4 is 16.1 Å². The van der Waals surface area contributed by atoms with Crippen LogP contribution in [-0.4, -0.2) is 67.9 Å². The molecule has 2 unspecified atom stereocenters. The molecule has 4 aliphatic heterocycles. The van der Waals surface area contributed by atoms with Gasteiger partial charge in [0.15, 0.2) is 0 Å². The summed E-state index contributed by atoms with van der Waals surface area (Å²) in [6.45, 7) is 0.590. The van der Waals surface area contributed by atoms with Crippen LogP contribution < -0.4 is 0 Å². The van der Waals surface area contributed by atoms with Crippen molar-refractivity contribution < 1.29 is 22.1 Å². The van der Waals surface area contributed by atoms with Gasteiger partial charge in [0.1, 0.15) is 5.76 Å². The average Bonchev–Trinajstić information content (AvgIpc) is 3.15. The van der Waals surface area contributed by atoms with E-state index in [4.69, 9.17) is 8.92 Å². The van der Waals surface area contributed by atoms with Gasteiger partial charge in [0.25, 0.3) is 10.1 Å². The van der Waals surface area contributed by atoms with Gasteiger partial charge in [0, 0.05) is 32.4 Å². The van der Waals surface area contributed by atoms with Gasteiger partial charge in [-0.25, -0.2) is 4.79 Å². The van der Waals surface area contributed by atoms with Crippen LogP contribution in [0.3, 0.4) is 0 Å². The molecule has 2 spiro atoms. The third-order valence-electron chi connectivity index (χ3n) is 7.17. The number of likely N-dealkylation sites (N-methyl/N-ethyl adjacent to an activating group) is 1. The highest BCUT2D eigenvalue weighted by Gasteiger charge is 2.64. The summed E-state index contributed by atoms with van der Waals surface area (Å²) in [6.07, 6.45) is 14.8. The number of hydrogen-bond acceptors (Lipinski definition) is 6. The maximum absolute atomic E-state index is 13.0. The lowest BCUT2D eigenvalue weighted by atomic mass is 9.65. The third-order valence-corrected chi connectivity index (χ3v) is 7.76. The molecular formula is C21H29N3O5S. The fourth-order valence-electron chi connectivity index (χ4n) is 5.76. The summed E-state index contributed by atoms with van der Waals surface area (Å²) in [5.41, 5.74) is 1.79. The first-order valence-electron chi connectivity index (χ1n) is 10.7. The fraction of sp³-hybridized carbons (Fsp3) is 0.667. The number of hydrogen-bond donors (Lipinski definition) is 0. The van der Waals surface area contributed by atoms with E-state index in [9.17, 15) is 13.2 Å². The first-order chi connectivity index (χ1) is 14.2. The largest absolute Gasteiger partial charge is 0.467 e. The van der Waals surface area contributed by atoms with E-state index in [1.54, 1.807) is 16.8 Å². The summed E-state index contributed by atoms with van der Waals surface area (Å²) >= 11 is 0. The van der Waals surface area contributed by atoms with E-state index in [2.05, 4.69) is 23.4 Å². The standard InChI is InChI=1S/C21H29N3O5S/c1-22-19(25)24(11-12-28-30(2,26)27)15-21(22)14-20-9-5-3-7-16(20)13-23-10-6-4-8-17(23)18(20)29-21/h6,10,13H,3-5,7-9,11-12,14-15H2,1-2H3. The van der Waals surface area contributed by atoms with Crippen molar-refractivity contribution in [2.75, 3.05) is 33.0 Å². The molecular weight excluding hydrogens is 406 g/mol. The van der Waals surface area contributed by atoms with Crippen molar-refractivity contribution in [3.63, 3.8) is 0 Å². The number of allylic oxidation sites excluding steroid dienone is 3. The molecule has 4 heterocycles. The lowest BCUT2D eigenvalue weighted by Gasteiger charge is -2.42. The molecule has 0 aromatic heterocycles. The first kappa shape index (κ1) is 19.9. The van der Waals surface area contributed by atoms with Crippen LogP contribution in [0.25, 0.3) is 0 Å². The molecule has 30 heavy (non-hydrogen) atoms. The highest BCUT2D eigenvalue weighted by molar-refractivity contribution is 7.85. The number of carbonyl (C=O) groups is 1. The van der Waals surface area contributed by atoms with Crippen LogP contribution in [-0.2, 0) is 19.0 Å². The van der Waals surface area contributed by atoms with E-state index in [0.717, 1.165) is 50.5 Å². The molecule has 5 rings (SSSR count). The summed E-state index contributed by atoms with van der Waals surface area (Å²) in [5, 5.41) is 0. The Morgan fingerprint density at radius 1 is 1.27 bits per heavy atom. The number of nitrogens with zero attached hydrogens (tertiary/aromatic N) is 3. The fourth-order valence-corrected chi connectivity index (χ4v) is 6.13. The number of ether oxygens (including phenoxy) is 1.